The first-order chi connectivity index (χ1) is 9.69. The minimum absolute atomic E-state index is 0.789. The molecule has 0 unspecified atom stereocenters. The number of hydrogen-bond donors (Lipinski definition) is 2. The summed E-state index contributed by atoms with van der Waals surface area (Å²) < 4.78 is 34.1. The number of halogens is 2. The first-order valence-corrected chi connectivity index (χ1v) is 9.55. The maximum absolute atomic E-state index is 8.52. The van der Waals surface area contributed by atoms with Crippen LogP contribution >= 0.6 is 23.2 Å². The van der Waals surface area contributed by atoms with Crippen LogP contribution in [-0.4, -0.2) is 68.6 Å². The van der Waals surface area contributed by atoms with Crippen molar-refractivity contribution in [2.45, 2.75) is 27.7 Å². The fourth-order valence-corrected chi connectivity index (χ4v) is 2.01. The molecule has 132 valence electrons. The van der Waals surface area contributed by atoms with Crippen molar-refractivity contribution in [3.05, 3.63) is 0 Å². The van der Waals surface area contributed by atoms with Crippen molar-refractivity contribution in [2.75, 3.05) is 51.0 Å². The highest BCUT2D eigenvalue weighted by Crippen LogP contribution is 1.64. The largest absolute Gasteiger partial charge is 0.759 e. The molecule has 0 fully saturated rings. The van der Waals surface area contributed by atoms with E-state index in [1.54, 1.807) is 9.80 Å². The smallest absolute Gasteiger partial charge is 0.0908 e. The van der Waals surface area contributed by atoms with Crippen LogP contribution in [-0.2, 0) is 10.4 Å². The normalized spacial score (nSPS) is 10.8. The summed E-state index contributed by atoms with van der Waals surface area (Å²) in [7, 11) is -5.17. The van der Waals surface area contributed by atoms with E-state index in [0.29, 0.717) is 0 Å². The van der Waals surface area contributed by atoms with Gasteiger partial charge in [-0.1, -0.05) is 0 Å². The molecule has 2 N–H and O–H groups in total. The highest BCUT2D eigenvalue weighted by molar-refractivity contribution is 7.79. The summed E-state index contributed by atoms with van der Waals surface area (Å²) in [4.78, 5) is 3.17. The molecule has 0 aliphatic carbocycles. The average molecular weight is 369 g/mol. The lowest BCUT2D eigenvalue weighted by Gasteiger charge is -2.12. The van der Waals surface area contributed by atoms with E-state index in [4.69, 9.17) is 40.7 Å². The molecule has 21 heavy (non-hydrogen) atoms. The molecule has 0 aromatic rings. The zero-order chi connectivity index (χ0) is 17.3. The maximum Gasteiger partial charge on any atom is 0.0908 e. The molecule has 0 aromatic heterocycles. The minimum Gasteiger partial charge on any atom is -0.759 e. The Morgan fingerprint density at radius 1 is 0.762 bits per heavy atom. The molecule has 0 aliphatic heterocycles. The van der Waals surface area contributed by atoms with Crippen molar-refractivity contribution in [1.29, 1.82) is 0 Å². The Kier molecular flexibility index (Phi) is 23.0. The highest BCUT2D eigenvalue weighted by Gasteiger charge is 1.98. The third kappa shape index (κ3) is 33.3. The van der Waals surface area contributed by atoms with Gasteiger partial charge in [0.1, 0.15) is 0 Å². The van der Waals surface area contributed by atoms with Gasteiger partial charge in [0.2, 0.25) is 0 Å². The van der Waals surface area contributed by atoms with Gasteiger partial charge in [-0.05, 0) is 27.7 Å². The molecular weight excluding hydrogens is 339 g/mol. The van der Waals surface area contributed by atoms with Gasteiger partial charge in [-0.25, -0.2) is 0 Å². The molecule has 0 radical (unpaired) electrons. The Hall–Kier alpha value is 0.370. The highest BCUT2D eigenvalue weighted by atomic mass is 35.5. The SMILES string of the molecule is CC[NH+](CC)CCCl.CC[NH+](CC)CCCl.O=S(=O)([O-])[O-]. The molecule has 0 saturated heterocycles. The van der Waals surface area contributed by atoms with Gasteiger partial charge in [0, 0.05) is 10.4 Å². The molecule has 0 saturated carbocycles. The predicted octanol–water partition coefficient (Wildman–Crippen LogP) is -1.04. The van der Waals surface area contributed by atoms with Gasteiger partial charge in [-0.2, -0.15) is 0 Å². The second-order valence-corrected chi connectivity index (χ2v) is 5.77. The van der Waals surface area contributed by atoms with Crippen molar-refractivity contribution in [3.63, 3.8) is 0 Å². The molecule has 0 atom stereocenters. The van der Waals surface area contributed by atoms with Gasteiger partial charge in [0.25, 0.3) is 0 Å². The van der Waals surface area contributed by atoms with Crippen molar-refractivity contribution in [1.82, 2.24) is 0 Å². The molecule has 0 rings (SSSR count). The maximum atomic E-state index is 8.52. The van der Waals surface area contributed by atoms with Crippen molar-refractivity contribution in [3.8, 4) is 0 Å². The topological polar surface area (TPSA) is 89.1 Å². The van der Waals surface area contributed by atoms with Gasteiger partial charge >= 0.3 is 0 Å². The third-order valence-corrected chi connectivity index (χ3v) is 3.27. The minimum atomic E-state index is -5.17. The summed E-state index contributed by atoms with van der Waals surface area (Å²) in [6.45, 7) is 15.7. The van der Waals surface area contributed by atoms with Gasteiger partial charge in [0.05, 0.1) is 51.0 Å². The van der Waals surface area contributed by atoms with Gasteiger partial charge < -0.3 is 18.9 Å². The van der Waals surface area contributed by atoms with Crippen molar-refractivity contribution in [2.24, 2.45) is 0 Å². The monoisotopic (exact) mass is 368 g/mol. The second kappa shape index (κ2) is 18.4. The van der Waals surface area contributed by atoms with Crippen LogP contribution in [0.5, 0.6) is 0 Å². The van der Waals surface area contributed by atoms with Crippen LogP contribution in [0.15, 0.2) is 0 Å². The summed E-state index contributed by atoms with van der Waals surface area (Å²) >= 11 is 11.1. The van der Waals surface area contributed by atoms with E-state index in [0.717, 1.165) is 24.8 Å². The lowest BCUT2D eigenvalue weighted by molar-refractivity contribution is -0.894. The van der Waals surface area contributed by atoms with E-state index in [1.165, 1.54) is 26.2 Å². The molecule has 6 nitrogen and oxygen atoms in total. The number of hydrogen-bond acceptors (Lipinski definition) is 4. The Morgan fingerprint density at radius 3 is 1.00 bits per heavy atom. The summed E-state index contributed by atoms with van der Waals surface area (Å²) in [5.74, 6) is 1.58. The van der Waals surface area contributed by atoms with E-state index < -0.39 is 10.4 Å². The van der Waals surface area contributed by atoms with Gasteiger partial charge in [-0.15, -0.1) is 23.2 Å². The number of alkyl halides is 2. The Balaban J connectivity index is -0.000000239. The van der Waals surface area contributed by atoms with Gasteiger partial charge in [-0.3, -0.25) is 8.42 Å². The Morgan fingerprint density at radius 2 is 0.952 bits per heavy atom. The summed E-state index contributed by atoms with van der Waals surface area (Å²) in [6.07, 6.45) is 0. The summed E-state index contributed by atoms with van der Waals surface area (Å²) in [5.41, 5.74) is 0. The lowest BCUT2D eigenvalue weighted by atomic mass is 10.5. The molecular formula is C12H30Cl2N2O4S. The molecule has 0 aromatic carbocycles. The molecule has 0 heterocycles. The first kappa shape index (κ1) is 26.3. The predicted molar refractivity (Wildman–Crippen MR) is 85.7 cm³/mol. The van der Waals surface area contributed by atoms with Crippen molar-refractivity contribution < 1.29 is 27.3 Å². The number of nitrogens with one attached hydrogen (secondary N) is 2. The summed E-state index contributed by atoms with van der Waals surface area (Å²) in [6, 6.07) is 0. The van der Waals surface area contributed by atoms with E-state index in [2.05, 4.69) is 27.7 Å². The van der Waals surface area contributed by atoms with Crippen LogP contribution in [0.4, 0.5) is 0 Å². The van der Waals surface area contributed by atoms with Crippen LogP contribution in [0.2, 0.25) is 0 Å². The third-order valence-electron chi connectivity index (χ3n) is 2.90. The Bertz CT molecular complexity index is 263. The zero-order valence-electron chi connectivity index (χ0n) is 13.5. The van der Waals surface area contributed by atoms with Gasteiger partial charge in [0.15, 0.2) is 0 Å². The van der Waals surface area contributed by atoms with Crippen LogP contribution in [0.25, 0.3) is 0 Å². The van der Waals surface area contributed by atoms with Crippen LogP contribution < -0.4 is 9.80 Å². The molecule has 9 heteroatoms. The van der Waals surface area contributed by atoms with E-state index in [-0.39, 0.29) is 0 Å². The Labute approximate surface area is 140 Å². The average Bonchev–Trinajstić information content (AvgIpc) is 2.41. The molecule has 0 bridgehead atoms. The second-order valence-electron chi connectivity index (χ2n) is 4.20. The zero-order valence-corrected chi connectivity index (χ0v) is 15.8. The van der Waals surface area contributed by atoms with Crippen molar-refractivity contribution >= 4 is 33.6 Å². The van der Waals surface area contributed by atoms with E-state index in [1.807, 2.05) is 0 Å². The molecule has 0 amide bonds. The summed E-state index contributed by atoms with van der Waals surface area (Å²) in [5, 5.41) is 0. The number of quaternary nitrogens is 2. The van der Waals surface area contributed by atoms with E-state index in [9.17, 15) is 0 Å². The van der Waals surface area contributed by atoms with E-state index >= 15 is 0 Å². The molecule has 0 spiro atoms. The van der Waals surface area contributed by atoms with Crippen LogP contribution in [0, 0.1) is 0 Å². The first-order valence-electron chi connectivity index (χ1n) is 7.15. The lowest BCUT2D eigenvalue weighted by Crippen LogP contribution is -3.11. The van der Waals surface area contributed by atoms with Crippen LogP contribution in [0.1, 0.15) is 27.7 Å². The number of rotatable bonds is 8. The fourth-order valence-electron chi connectivity index (χ4n) is 1.47. The van der Waals surface area contributed by atoms with Crippen LogP contribution in [0.3, 0.4) is 0 Å². The fraction of sp³-hybridized carbons (Fsp3) is 1.00. The molecule has 0 aliphatic rings. The standard InChI is InChI=1S/2C6H14ClN.H2O4S/c2*1-3-8(4-2)6-5-7;1-5(2,3)4/h2*3-6H2,1-2H3;(H2,1,2,3,4). The quantitative estimate of drug-likeness (QED) is 0.325.